The summed E-state index contributed by atoms with van der Waals surface area (Å²) in [5.41, 5.74) is -1.60. The van der Waals surface area contributed by atoms with Gasteiger partial charge in [-0.3, -0.25) is 14.3 Å². The molecule has 0 aliphatic carbocycles. The van der Waals surface area contributed by atoms with Crippen LogP contribution in [0.1, 0.15) is 73.3 Å². The van der Waals surface area contributed by atoms with Gasteiger partial charge in [0.15, 0.2) is 22.5 Å². The summed E-state index contributed by atoms with van der Waals surface area (Å²) in [6.07, 6.45) is -1.76. The second-order valence-electron chi connectivity index (χ2n) is 12.3. The summed E-state index contributed by atoms with van der Waals surface area (Å²) >= 11 is 0. The summed E-state index contributed by atoms with van der Waals surface area (Å²) in [6.45, 7) is 11.2. The first-order chi connectivity index (χ1) is 19.2. The van der Waals surface area contributed by atoms with E-state index in [1.54, 1.807) is 53.4 Å². The SMILES string of the molecule is CCOP1(=O)CCN(Cc2cc(F)c(O)c(F)c2)CC1(CCCCN(C(=O)OC(C)(C)C)C(=O)OC(C)(C)C)C(=O)O. The molecule has 42 heavy (non-hydrogen) atoms. The number of carbonyl (C=O) groups is 3. The Morgan fingerprint density at radius 2 is 1.55 bits per heavy atom. The lowest BCUT2D eigenvalue weighted by atomic mass is 9.99. The number of rotatable bonds is 10. The van der Waals surface area contributed by atoms with E-state index in [4.69, 9.17) is 14.0 Å². The van der Waals surface area contributed by atoms with Gasteiger partial charge in [0.25, 0.3) is 0 Å². The van der Waals surface area contributed by atoms with Gasteiger partial charge < -0.3 is 24.2 Å². The van der Waals surface area contributed by atoms with E-state index in [1.807, 2.05) is 0 Å². The molecule has 1 heterocycles. The normalized spacial score (nSPS) is 21.5. The minimum Gasteiger partial charge on any atom is -0.503 e. The van der Waals surface area contributed by atoms with Crippen LogP contribution in [-0.2, 0) is 29.9 Å². The van der Waals surface area contributed by atoms with Crippen molar-refractivity contribution in [3.05, 3.63) is 29.3 Å². The van der Waals surface area contributed by atoms with Crippen LogP contribution in [-0.4, -0.2) is 86.9 Å². The van der Waals surface area contributed by atoms with Gasteiger partial charge in [-0.1, -0.05) is 0 Å². The molecule has 0 aromatic heterocycles. The fourth-order valence-electron chi connectivity index (χ4n) is 4.69. The smallest absolute Gasteiger partial charge is 0.419 e. The lowest BCUT2D eigenvalue weighted by molar-refractivity contribution is -0.141. The minimum absolute atomic E-state index is 0.0196. The number of carboxylic acid groups (broad SMARTS) is 1. The summed E-state index contributed by atoms with van der Waals surface area (Å²) in [4.78, 5) is 40.8. The first kappa shape index (κ1) is 35.4. The number of unbranched alkanes of at least 4 members (excludes halogenated alkanes) is 1. The van der Waals surface area contributed by atoms with Crippen molar-refractivity contribution in [2.75, 3.05) is 32.4 Å². The predicted octanol–water partition coefficient (Wildman–Crippen LogP) is 5.97. The van der Waals surface area contributed by atoms with Gasteiger partial charge in [-0.15, -0.1) is 0 Å². The highest BCUT2D eigenvalue weighted by molar-refractivity contribution is 7.62. The molecule has 1 aromatic rings. The monoisotopic (exact) mass is 620 g/mol. The Morgan fingerprint density at radius 3 is 2.00 bits per heavy atom. The number of imide groups is 1. The maximum atomic E-state index is 14.0. The minimum atomic E-state index is -3.76. The van der Waals surface area contributed by atoms with Crippen LogP contribution >= 0.6 is 7.37 Å². The largest absolute Gasteiger partial charge is 0.503 e. The maximum Gasteiger partial charge on any atom is 0.419 e. The molecule has 1 aliphatic heterocycles. The summed E-state index contributed by atoms with van der Waals surface area (Å²) in [5.74, 6) is -4.75. The van der Waals surface area contributed by atoms with Crippen LogP contribution in [0, 0.1) is 11.6 Å². The first-order valence-electron chi connectivity index (χ1n) is 13.8. The Bertz CT molecular complexity index is 1150. The summed E-state index contributed by atoms with van der Waals surface area (Å²) < 4.78 is 58.2. The van der Waals surface area contributed by atoms with Gasteiger partial charge in [0.1, 0.15) is 11.2 Å². The summed E-state index contributed by atoms with van der Waals surface area (Å²) in [5, 5.41) is 18.0. The molecule has 2 atom stereocenters. The Morgan fingerprint density at radius 1 is 1.02 bits per heavy atom. The second kappa shape index (κ2) is 13.7. The molecule has 0 radical (unpaired) electrons. The second-order valence-corrected chi connectivity index (χ2v) is 15.2. The van der Waals surface area contributed by atoms with Crippen molar-refractivity contribution in [3.8, 4) is 5.75 Å². The number of amides is 2. The van der Waals surface area contributed by atoms with Crippen molar-refractivity contribution in [1.82, 2.24) is 9.80 Å². The number of carboxylic acids is 1. The van der Waals surface area contributed by atoms with E-state index < -0.39 is 59.3 Å². The first-order valence-corrected chi connectivity index (χ1v) is 15.6. The van der Waals surface area contributed by atoms with Crippen molar-refractivity contribution in [3.63, 3.8) is 0 Å². The van der Waals surface area contributed by atoms with Crippen molar-refractivity contribution >= 4 is 25.5 Å². The molecule has 2 amide bonds. The van der Waals surface area contributed by atoms with Crippen LogP contribution in [0.5, 0.6) is 5.75 Å². The van der Waals surface area contributed by atoms with Gasteiger partial charge in [-0.05, 0) is 85.4 Å². The zero-order valence-corrected chi connectivity index (χ0v) is 26.3. The number of benzene rings is 1. The van der Waals surface area contributed by atoms with Crippen molar-refractivity contribution in [2.24, 2.45) is 0 Å². The van der Waals surface area contributed by atoms with E-state index in [-0.39, 0.29) is 63.8 Å². The van der Waals surface area contributed by atoms with Crippen LogP contribution in [0.15, 0.2) is 12.1 Å². The zero-order chi connectivity index (χ0) is 32.1. The third-order valence-electron chi connectivity index (χ3n) is 6.52. The quantitative estimate of drug-likeness (QED) is 0.237. The zero-order valence-electron chi connectivity index (χ0n) is 25.4. The highest BCUT2D eigenvalue weighted by atomic mass is 31.2. The molecule has 14 heteroatoms. The van der Waals surface area contributed by atoms with Crippen molar-refractivity contribution in [2.45, 2.75) is 90.6 Å². The van der Waals surface area contributed by atoms with Gasteiger partial charge in [-0.2, -0.15) is 0 Å². The number of aromatic hydroxyl groups is 1. The van der Waals surface area contributed by atoms with Crippen LogP contribution < -0.4 is 0 Å². The number of nitrogens with zero attached hydrogens (tertiary/aromatic N) is 2. The highest BCUT2D eigenvalue weighted by Crippen LogP contribution is 2.63. The molecule has 1 fully saturated rings. The van der Waals surface area contributed by atoms with E-state index in [9.17, 15) is 37.9 Å². The van der Waals surface area contributed by atoms with Gasteiger partial charge >= 0.3 is 18.2 Å². The Hall–Kier alpha value is -2.76. The van der Waals surface area contributed by atoms with Gasteiger partial charge in [0, 0.05) is 32.3 Å². The van der Waals surface area contributed by atoms with E-state index >= 15 is 0 Å². The van der Waals surface area contributed by atoms with Crippen molar-refractivity contribution in [1.29, 1.82) is 0 Å². The lowest BCUT2D eigenvalue weighted by Gasteiger charge is -2.45. The Labute approximate surface area is 245 Å². The number of phenolic OH excluding ortho intramolecular Hbond substituents is 1. The summed E-state index contributed by atoms with van der Waals surface area (Å²) in [6, 6.07) is 1.92. The number of ether oxygens (including phenoxy) is 2. The molecular formula is C28H43F2N2O9P. The molecule has 1 aromatic carbocycles. The van der Waals surface area contributed by atoms with E-state index in [2.05, 4.69) is 0 Å². The number of hydrogen-bond acceptors (Lipinski definition) is 9. The maximum absolute atomic E-state index is 14.0. The van der Waals surface area contributed by atoms with Crippen LogP contribution in [0.2, 0.25) is 0 Å². The topological polar surface area (TPSA) is 143 Å². The number of halogens is 2. The fourth-order valence-corrected chi connectivity index (χ4v) is 7.66. The molecule has 0 spiro atoms. The fraction of sp³-hybridized carbons (Fsp3) is 0.679. The standard InChI is InChI=1S/C28H43F2N2O9P/c1-8-39-42(38)14-13-31(17-19-15-20(29)22(33)21(30)16-19)18-28(42,23(34)35)11-9-10-12-32(24(36)40-26(2,3)4)25(37)41-27(5,6)7/h15-16,33H,8-14,17-18H2,1-7H3,(H,34,35). The number of hydrogen-bond donors (Lipinski definition) is 2. The molecule has 0 saturated carbocycles. The molecule has 1 aliphatic rings. The number of carbonyl (C=O) groups excluding carboxylic acids is 2. The van der Waals surface area contributed by atoms with E-state index in [0.29, 0.717) is 0 Å². The van der Waals surface area contributed by atoms with Crippen LogP contribution in [0.25, 0.3) is 0 Å². The average molecular weight is 621 g/mol. The Balaban J connectivity index is 2.27. The van der Waals surface area contributed by atoms with Gasteiger partial charge in [-0.25, -0.2) is 23.3 Å². The number of phenols is 1. The molecule has 2 rings (SSSR count). The van der Waals surface area contributed by atoms with Crippen LogP contribution in [0.4, 0.5) is 18.4 Å². The predicted molar refractivity (Wildman–Crippen MR) is 151 cm³/mol. The van der Waals surface area contributed by atoms with E-state index in [1.165, 1.54) is 0 Å². The average Bonchev–Trinajstić information content (AvgIpc) is 2.82. The molecule has 11 nitrogen and oxygen atoms in total. The third kappa shape index (κ3) is 9.12. The molecule has 2 N–H and O–H groups in total. The van der Waals surface area contributed by atoms with Gasteiger partial charge in [0.2, 0.25) is 7.37 Å². The molecular weight excluding hydrogens is 577 g/mol. The van der Waals surface area contributed by atoms with Crippen molar-refractivity contribution < 1.29 is 51.9 Å². The molecule has 0 bridgehead atoms. The number of aliphatic carboxylic acids is 1. The Kier molecular flexibility index (Phi) is 11.6. The highest BCUT2D eigenvalue weighted by Gasteiger charge is 2.58. The molecule has 1 saturated heterocycles. The van der Waals surface area contributed by atoms with Gasteiger partial charge in [0.05, 0.1) is 6.61 Å². The molecule has 238 valence electrons. The van der Waals surface area contributed by atoms with Crippen LogP contribution in [0.3, 0.4) is 0 Å². The summed E-state index contributed by atoms with van der Waals surface area (Å²) in [7, 11) is -3.76. The lowest BCUT2D eigenvalue weighted by Crippen LogP contribution is -2.54. The third-order valence-corrected chi connectivity index (χ3v) is 9.84. The molecule has 2 unspecified atom stereocenters. The van der Waals surface area contributed by atoms with E-state index in [0.717, 1.165) is 17.0 Å².